The van der Waals surface area contributed by atoms with Crippen LogP contribution in [0.4, 0.5) is 0 Å². The van der Waals surface area contributed by atoms with Gasteiger partial charge in [0, 0.05) is 12.3 Å². The van der Waals surface area contributed by atoms with Crippen LogP contribution in [0.15, 0.2) is 54.6 Å². The van der Waals surface area contributed by atoms with Crippen LogP contribution in [-0.2, 0) is 6.42 Å². The summed E-state index contributed by atoms with van der Waals surface area (Å²) in [4.78, 5) is 0. The van der Waals surface area contributed by atoms with Gasteiger partial charge in [0.1, 0.15) is 5.75 Å². The molecule has 0 amide bonds. The molecule has 0 aromatic heterocycles. The topological polar surface area (TPSA) is 33.0 Å². The van der Waals surface area contributed by atoms with Gasteiger partial charge in [0.05, 0.1) is 12.2 Å². The van der Waals surface area contributed by atoms with Crippen molar-refractivity contribution in [3.63, 3.8) is 0 Å². The molecule has 0 spiro atoms. The molecular weight excluding hydrogens is 258 g/mol. The van der Waals surface area contributed by atoms with Crippen LogP contribution in [-0.4, -0.2) is 6.10 Å². The Balaban J connectivity index is 2.12. The molecule has 0 N–H and O–H groups in total. The summed E-state index contributed by atoms with van der Waals surface area (Å²) in [5.41, 5.74) is 2.46. The van der Waals surface area contributed by atoms with Crippen molar-refractivity contribution in [2.45, 2.75) is 38.7 Å². The second-order valence-corrected chi connectivity index (χ2v) is 5.48. The standard InChI is InChI=1S/C19H21NO/c1-15(2)21-19-10-8-17(9-11-19)18(12-13-20)14-16-6-4-3-5-7-16/h3-11,15,18H,12,14H2,1-2H3/t18-/m1/s1. The van der Waals surface area contributed by atoms with Crippen LogP contribution in [0.1, 0.15) is 37.3 Å². The maximum atomic E-state index is 9.07. The Morgan fingerprint density at radius 1 is 1.00 bits per heavy atom. The first kappa shape index (κ1) is 15.1. The number of nitrogens with zero attached hydrogens (tertiary/aromatic N) is 1. The maximum absolute atomic E-state index is 9.07. The van der Waals surface area contributed by atoms with Gasteiger partial charge in [-0.05, 0) is 43.5 Å². The average molecular weight is 279 g/mol. The highest BCUT2D eigenvalue weighted by molar-refractivity contribution is 5.31. The van der Waals surface area contributed by atoms with Crippen molar-refractivity contribution >= 4 is 0 Å². The molecular formula is C19H21NO. The highest BCUT2D eigenvalue weighted by Crippen LogP contribution is 2.26. The number of benzene rings is 2. The first-order chi connectivity index (χ1) is 10.2. The molecule has 0 aliphatic rings. The highest BCUT2D eigenvalue weighted by atomic mass is 16.5. The molecule has 2 rings (SSSR count). The Morgan fingerprint density at radius 3 is 2.24 bits per heavy atom. The van der Waals surface area contributed by atoms with E-state index in [2.05, 4.69) is 30.3 Å². The third-order valence-electron chi connectivity index (χ3n) is 3.39. The fourth-order valence-electron chi connectivity index (χ4n) is 2.41. The molecule has 108 valence electrons. The number of hydrogen-bond acceptors (Lipinski definition) is 2. The molecule has 0 radical (unpaired) electrons. The number of ether oxygens (including phenoxy) is 1. The first-order valence-corrected chi connectivity index (χ1v) is 7.36. The lowest BCUT2D eigenvalue weighted by Crippen LogP contribution is -2.06. The minimum absolute atomic E-state index is 0.176. The molecule has 0 saturated heterocycles. The van der Waals surface area contributed by atoms with E-state index in [1.807, 2.05) is 44.2 Å². The first-order valence-electron chi connectivity index (χ1n) is 7.36. The molecule has 0 aliphatic heterocycles. The van der Waals surface area contributed by atoms with Crippen molar-refractivity contribution in [1.82, 2.24) is 0 Å². The van der Waals surface area contributed by atoms with Crippen LogP contribution in [0.2, 0.25) is 0 Å². The van der Waals surface area contributed by atoms with Crippen LogP contribution < -0.4 is 4.74 Å². The van der Waals surface area contributed by atoms with E-state index in [0.717, 1.165) is 12.2 Å². The van der Waals surface area contributed by atoms with Crippen LogP contribution in [0.3, 0.4) is 0 Å². The third kappa shape index (κ3) is 4.65. The van der Waals surface area contributed by atoms with Crippen LogP contribution in [0, 0.1) is 11.3 Å². The van der Waals surface area contributed by atoms with E-state index >= 15 is 0 Å². The molecule has 2 aromatic carbocycles. The lowest BCUT2D eigenvalue weighted by atomic mass is 9.90. The van der Waals surface area contributed by atoms with Crippen molar-refractivity contribution in [1.29, 1.82) is 5.26 Å². The van der Waals surface area contributed by atoms with Crippen molar-refractivity contribution in [2.24, 2.45) is 0 Å². The molecule has 2 nitrogen and oxygen atoms in total. The van der Waals surface area contributed by atoms with Crippen LogP contribution in [0.25, 0.3) is 0 Å². The Hall–Kier alpha value is -2.27. The Morgan fingerprint density at radius 2 is 1.67 bits per heavy atom. The van der Waals surface area contributed by atoms with Gasteiger partial charge in [-0.15, -0.1) is 0 Å². The lowest BCUT2D eigenvalue weighted by molar-refractivity contribution is 0.242. The monoisotopic (exact) mass is 279 g/mol. The van der Waals surface area contributed by atoms with Gasteiger partial charge < -0.3 is 4.74 Å². The minimum atomic E-state index is 0.176. The zero-order valence-electron chi connectivity index (χ0n) is 12.6. The summed E-state index contributed by atoms with van der Waals surface area (Å²) < 4.78 is 5.66. The molecule has 0 aliphatic carbocycles. The zero-order valence-corrected chi connectivity index (χ0v) is 12.6. The predicted molar refractivity (Wildman–Crippen MR) is 85.3 cm³/mol. The molecule has 0 unspecified atom stereocenters. The molecule has 1 atom stereocenters. The van der Waals surface area contributed by atoms with Gasteiger partial charge in [-0.3, -0.25) is 0 Å². The summed E-state index contributed by atoms with van der Waals surface area (Å²) in [6.07, 6.45) is 1.59. The highest BCUT2D eigenvalue weighted by Gasteiger charge is 2.12. The normalized spacial score (nSPS) is 11.9. The molecule has 21 heavy (non-hydrogen) atoms. The minimum Gasteiger partial charge on any atom is -0.491 e. The van der Waals surface area contributed by atoms with Gasteiger partial charge in [-0.1, -0.05) is 42.5 Å². The van der Waals surface area contributed by atoms with Crippen molar-refractivity contribution in [3.05, 3.63) is 65.7 Å². The Bertz CT molecular complexity index is 581. The van der Waals surface area contributed by atoms with Gasteiger partial charge in [0.25, 0.3) is 0 Å². The van der Waals surface area contributed by atoms with E-state index in [1.165, 1.54) is 11.1 Å². The number of hydrogen-bond donors (Lipinski definition) is 0. The summed E-state index contributed by atoms with van der Waals surface area (Å²) in [6, 6.07) is 20.7. The van der Waals surface area contributed by atoms with Gasteiger partial charge in [-0.2, -0.15) is 5.26 Å². The Kier molecular flexibility index (Phi) is 5.40. The molecule has 0 fully saturated rings. The van der Waals surface area contributed by atoms with Crippen molar-refractivity contribution < 1.29 is 4.74 Å². The summed E-state index contributed by atoms with van der Waals surface area (Å²) in [5, 5.41) is 9.07. The van der Waals surface area contributed by atoms with E-state index in [9.17, 15) is 0 Å². The SMILES string of the molecule is CC(C)Oc1ccc([C@H](CC#N)Cc2ccccc2)cc1. The summed E-state index contributed by atoms with van der Waals surface area (Å²) in [7, 11) is 0. The van der Waals surface area contributed by atoms with E-state index in [0.29, 0.717) is 6.42 Å². The molecule has 2 heteroatoms. The number of nitriles is 1. The van der Waals surface area contributed by atoms with Gasteiger partial charge in [-0.25, -0.2) is 0 Å². The summed E-state index contributed by atoms with van der Waals surface area (Å²) in [6.45, 7) is 4.03. The van der Waals surface area contributed by atoms with E-state index in [4.69, 9.17) is 10.00 Å². The van der Waals surface area contributed by atoms with E-state index in [-0.39, 0.29) is 12.0 Å². The van der Waals surface area contributed by atoms with E-state index < -0.39 is 0 Å². The van der Waals surface area contributed by atoms with Gasteiger partial charge in [0.15, 0.2) is 0 Å². The quantitative estimate of drug-likeness (QED) is 0.767. The largest absolute Gasteiger partial charge is 0.491 e. The fourth-order valence-corrected chi connectivity index (χ4v) is 2.41. The average Bonchev–Trinajstić information content (AvgIpc) is 2.48. The van der Waals surface area contributed by atoms with Gasteiger partial charge in [0.2, 0.25) is 0 Å². The third-order valence-corrected chi connectivity index (χ3v) is 3.39. The summed E-state index contributed by atoms with van der Waals surface area (Å²) in [5.74, 6) is 1.11. The molecule has 0 bridgehead atoms. The fraction of sp³-hybridized carbons (Fsp3) is 0.316. The second kappa shape index (κ2) is 7.50. The van der Waals surface area contributed by atoms with Gasteiger partial charge >= 0.3 is 0 Å². The van der Waals surface area contributed by atoms with Crippen LogP contribution >= 0.6 is 0 Å². The maximum Gasteiger partial charge on any atom is 0.119 e. The predicted octanol–water partition coefficient (Wildman–Crippen LogP) is 4.71. The lowest BCUT2D eigenvalue weighted by Gasteiger charge is -2.16. The molecule has 0 heterocycles. The number of rotatable bonds is 6. The summed E-state index contributed by atoms with van der Waals surface area (Å²) >= 11 is 0. The second-order valence-electron chi connectivity index (χ2n) is 5.48. The Labute approximate surface area is 127 Å². The van der Waals surface area contributed by atoms with Crippen molar-refractivity contribution in [3.8, 4) is 11.8 Å². The smallest absolute Gasteiger partial charge is 0.119 e. The van der Waals surface area contributed by atoms with Crippen LogP contribution in [0.5, 0.6) is 5.75 Å². The van der Waals surface area contributed by atoms with E-state index in [1.54, 1.807) is 0 Å². The molecule has 0 saturated carbocycles. The van der Waals surface area contributed by atoms with Crippen molar-refractivity contribution in [2.75, 3.05) is 0 Å². The zero-order chi connectivity index (χ0) is 15.1. The molecule has 2 aromatic rings.